The van der Waals surface area contributed by atoms with Crippen molar-refractivity contribution in [3.63, 3.8) is 0 Å². The van der Waals surface area contributed by atoms with Crippen LogP contribution in [0.25, 0.3) is 0 Å². The lowest BCUT2D eigenvalue weighted by Crippen LogP contribution is -1.79. The molecule has 1 aromatic carbocycles. The zero-order valence-corrected chi connectivity index (χ0v) is 11.5. The van der Waals surface area contributed by atoms with E-state index in [4.69, 9.17) is 11.6 Å². The molecule has 0 radical (unpaired) electrons. The fraction of sp³-hybridized carbons (Fsp3) is 0.267. The van der Waals surface area contributed by atoms with Gasteiger partial charge in [0.15, 0.2) is 0 Å². The molecule has 0 amide bonds. The van der Waals surface area contributed by atoms with Gasteiger partial charge in [-0.3, -0.25) is 0 Å². The second-order valence-corrected chi connectivity index (χ2v) is 4.63. The number of aryl methyl sites for hydroxylation is 4. The summed E-state index contributed by atoms with van der Waals surface area (Å²) >= 11 is 5.50. The van der Waals surface area contributed by atoms with Crippen LogP contribution in [0, 0.1) is 27.7 Å². The van der Waals surface area contributed by atoms with Crippen molar-refractivity contribution >= 4 is 11.6 Å². The molecule has 2 heteroatoms. The highest BCUT2D eigenvalue weighted by molar-refractivity contribution is 6.29. The Balaban J connectivity index is 0.000000171. The molecule has 0 fully saturated rings. The zero-order chi connectivity index (χ0) is 12.8. The molecular weight excluding hydrogens is 230 g/mol. The summed E-state index contributed by atoms with van der Waals surface area (Å²) in [6.07, 6.45) is 1.74. The van der Waals surface area contributed by atoms with E-state index in [0.717, 1.165) is 5.56 Å². The van der Waals surface area contributed by atoms with Crippen LogP contribution in [0.3, 0.4) is 0 Å². The number of rotatable bonds is 0. The molecule has 17 heavy (non-hydrogen) atoms. The fourth-order valence-electron chi connectivity index (χ4n) is 1.34. The average Bonchev–Trinajstić information content (AvgIpc) is 2.29. The Bertz CT molecular complexity index is 454. The summed E-state index contributed by atoms with van der Waals surface area (Å²) in [6.45, 7) is 8.37. The predicted molar refractivity (Wildman–Crippen MR) is 74.6 cm³/mol. The van der Waals surface area contributed by atoms with Crippen LogP contribution < -0.4 is 0 Å². The number of pyridine rings is 1. The third kappa shape index (κ3) is 5.01. The van der Waals surface area contributed by atoms with Gasteiger partial charge in [0.05, 0.1) is 0 Å². The first kappa shape index (κ1) is 13.7. The van der Waals surface area contributed by atoms with Crippen molar-refractivity contribution in [2.45, 2.75) is 27.7 Å². The van der Waals surface area contributed by atoms with Crippen molar-refractivity contribution in [2.24, 2.45) is 0 Å². The Kier molecular flexibility index (Phi) is 5.17. The summed E-state index contributed by atoms with van der Waals surface area (Å²) in [4.78, 5) is 3.84. The normalized spacial score (nSPS) is 9.47. The highest BCUT2D eigenvalue weighted by Gasteiger charge is 1.89. The van der Waals surface area contributed by atoms with Gasteiger partial charge in [-0.2, -0.15) is 0 Å². The maximum Gasteiger partial charge on any atom is 0.129 e. The van der Waals surface area contributed by atoms with Gasteiger partial charge in [-0.15, -0.1) is 0 Å². The molecular formula is C15H18ClN. The SMILES string of the molecule is Cc1ccc(C)c(C)c1.Cc1ccc(Cl)nc1. The molecule has 0 aliphatic rings. The number of halogens is 1. The van der Waals surface area contributed by atoms with Gasteiger partial charge in [-0.05, 0) is 50.5 Å². The smallest absolute Gasteiger partial charge is 0.129 e. The van der Waals surface area contributed by atoms with E-state index in [-0.39, 0.29) is 0 Å². The molecule has 0 N–H and O–H groups in total. The van der Waals surface area contributed by atoms with Crippen LogP contribution in [0.1, 0.15) is 22.3 Å². The van der Waals surface area contributed by atoms with E-state index < -0.39 is 0 Å². The summed E-state index contributed by atoms with van der Waals surface area (Å²) in [5.41, 5.74) is 5.24. The van der Waals surface area contributed by atoms with Crippen molar-refractivity contribution in [1.82, 2.24) is 4.98 Å². The minimum absolute atomic E-state index is 0.551. The predicted octanol–water partition coefficient (Wildman–Crippen LogP) is 4.66. The number of hydrogen-bond acceptors (Lipinski definition) is 1. The lowest BCUT2D eigenvalue weighted by molar-refractivity contribution is 1.27. The van der Waals surface area contributed by atoms with Crippen molar-refractivity contribution in [3.8, 4) is 0 Å². The van der Waals surface area contributed by atoms with Crippen LogP contribution in [-0.4, -0.2) is 4.98 Å². The van der Waals surface area contributed by atoms with E-state index in [1.54, 1.807) is 12.3 Å². The summed E-state index contributed by atoms with van der Waals surface area (Å²) in [7, 11) is 0. The van der Waals surface area contributed by atoms with Crippen LogP contribution in [0.15, 0.2) is 36.5 Å². The molecule has 90 valence electrons. The van der Waals surface area contributed by atoms with Gasteiger partial charge in [0.25, 0.3) is 0 Å². The second kappa shape index (κ2) is 6.41. The summed E-state index contributed by atoms with van der Waals surface area (Å²) < 4.78 is 0. The van der Waals surface area contributed by atoms with Crippen LogP contribution in [0.5, 0.6) is 0 Å². The number of hydrogen-bond donors (Lipinski definition) is 0. The molecule has 0 atom stereocenters. The second-order valence-electron chi connectivity index (χ2n) is 4.25. The van der Waals surface area contributed by atoms with E-state index in [0.29, 0.717) is 5.15 Å². The van der Waals surface area contributed by atoms with E-state index in [1.165, 1.54) is 16.7 Å². The molecule has 1 heterocycles. The fourth-order valence-corrected chi connectivity index (χ4v) is 1.45. The van der Waals surface area contributed by atoms with E-state index >= 15 is 0 Å². The Morgan fingerprint density at radius 1 is 0.824 bits per heavy atom. The van der Waals surface area contributed by atoms with E-state index in [9.17, 15) is 0 Å². The van der Waals surface area contributed by atoms with Gasteiger partial charge >= 0.3 is 0 Å². The van der Waals surface area contributed by atoms with Gasteiger partial charge in [0.1, 0.15) is 5.15 Å². The summed E-state index contributed by atoms with van der Waals surface area (Å²) in [5, 5.41) is 0.551. The Morgan fingerprint density at radius 2 is 1.47 bits per heavy atom. The van der Waals surface area contributed by atoms with Crippen LogP contribution in [-0.2, 0) is 0 Å². The topological polar surface area (TPSA) is 12.9 Å². The molecule has 0 spiro atoms. The lowest BCUT2D eigenvalue weighted by Gasteiger charge is -1.98. The van der Waals surface area contributed by atoms with Gasteiger partial charge in [-0.25, -0.2) is 4.98 Å². The summed E-state index contributed by atoms with van der Waals surface area (Å²) in [5.74, 6) is 0. The monoisotopic (exact) mass is 247 g/mol. The van der Waals surface area contributed by atoms with Crippen LogP contribution >= 0.6 is 11.6 Å². The third-order valence-corrected chi connectivity index (χ3v) is 2.76. The van der Waals surface area contributed by atoms with Crippen LogP contribution in [0.4, 0.5) is 0 Å². The Labute approximate surface area is 108 Å². The first-order valence-corrected chi connectivity index (χ1v) is 5.99. The molecule has 0 aliphatic carbocycles. The van der Waals surface area contributed by atoms with Gasteiger partial charge in [0, 0.05) is 6.20 Å². The Hall–Kier alpha value is -1.34. The maximum atomic E-state index is 5.50. The third-order valence-electron chi connectivity index (χ3n) is 2.54. The number of benzene rings is 1. The maximum absolute atomic E-state index is 5.50. The zero-order valence-electron chi connectivity index (χ0n) is 10.8. The van der Waals surface area contributed by atoms with E-state index in [2.05, 4.69) is 44.0 Å². The van der Waals surface area contributed by atoms with Gasteiger partial charge in [0.2, 0.25) is 0 Å². The largest absolute Gasteiger partial charge is 0.244 e. The van der Waals surface area contributed by atoms with Crippen LogP contribution in [0.2, 0.25) is 5.15 Å². The first-order valence-electron chi connectivity index (χ1n) is 5.61. The number of aromatic nitrogens is 1. The van der Waals surface area contributed by atoms with Gasteiger partial charge in [-0.1, -0.05) is 41.4 Å². The standard InChI is InChI=1S/C9H12.C6H6ClN/c1-7-4-5-8(2)9(3)6-7;1-5-2-3-6(7)8-4-5/h4-6H,1-3H3;2-4H,1H3. The molecule has 0 unspecified atom stereocenters. The van der Waals surface area contributed by atoms with Crippen molar-refractivity contribution < 1.29 is 0 Å². The average molecular weight is 248 g/mol. The van der Waals surface area contributed by atoms with Crippen molar-refractivity contribution in [1.29, 1.82) is 0 Å². The quantitative estimate of drug-likeness (QED) is 0.618. The molecule has 0 aliphatic heterocycles. The first-order chi connectivity index (χ1) is 7.99. The lowest BCUT2D eigenvalue weighted by atomic mass is 10.1. The molecule has 2 aromatic rings. The minimum atomic E-state index is 0.551. The molecule has 1 nitrogen and oxygen atoms in total. The van der Waals surface area contributed by atoms with Gasteiger partial charge < -0.3 is 0 Å². The molecule has 2 rings (SSSR count). The summed E-state index contributed by atoms with van der Waals surface area (Å²) in [6, 6.07) is 10.2. The minimum Gasteiger partial charge on any atom is -0.244 e. The molecule has 0 saturated heterocycles. The highest BCUT2D eigenvalue weighted by Crippen LogP contribution is 2.07. The highest BCUT2D eigenvalue weighted by atomic mass is 35.5. The molecule has 1 aromatic heterocycles. The number of nitrogens with zero attached hydrogens (tertiary/aromatic N) is 1. The van der Waals surface area contributed by atoms with Crippen molar-refractivity contribution in [3.05, 3.63) is 63.9 Å². The molecule has 0 saturated carbocycles. The van der Waals surface area contributed by atoms with E-state index in [1.807, 2.05) is 13.0 Å². The van der Waals surface area contributed by atoms with Crippen molar-refractivity contribution in [2.75, 3.05) is 0 Å². The Morgan fingerprint density at radius 3 is 1.88 bits per heavy atom. The molecule has 0 bridgehead atoms.